The number of carbonyl (C=O) groups is 2. The molecule has 4 atom stereocenters. The molecule has 2 heterocycles. The number of hydrogen-bond acceptors (Lipinski definition) is 7. The third kappa shape index (κ3) is 1.91. The number of ether oxygens (including phenoxy) is 1. The van der Waals surface area contributed by atoms with Crippen LogP contribution in [0.15, 0.2) is 30.6 Å². The van der Waals surface area contributed by atoms with E-state index in [-0.39, 0.29) is 28.3 Å². The van der Waals surface area contributed by atoms with Crippen LogP contribution in [0.2, 0.25) is 0 Å². The summed E-state index contributed by atoms with van der Waals surface area (Å²) >= 11 is 0. The lowest BCUT2D eigenvalue weighted by Crippen LogP contribution is -2.33. The number of ketones is 2. The molecule has 0 amide bonds. The van der Waals surface area contributed by atoms with Crippen molar-refractivity contribution in [3.8, 4) is 0 Å². The van der Waals surface area contributed by atoms with Crippen molar-refractivity contribution in [1.29, 1.82) is 0 Å². The average Bonchev–Trinajstić information content (AvgIpc) is 3.15. The number of nitrogens with zero attached hydrogens (tertiary/aromatic N) is 2. The van der Waals surface area contributed by atoms with Crippen LogP contribution in [0.3, 0.4) is 0 Å². The van der Waals surface area contributed by atoms with E-state index >= 15 is 0 Å². The van der Waals surface area contributed by atoms with Gasteiger partial charge in [0.05, 0.1) is 12.9 Å². The van der Waals surface area contributed by atoms with E-state index in [9.17, 15) is 24.9 Å². The fraction of sp³-hybridized carbons (Fsp3) is 0.312. The lowest BCUT2D eigenvalue weighted by Gasteiger charge is -2.21. The van der Waals surface area contributed by atoms with Crippen molar-refractivity contribution in [2.45, 2.75) is 24.5 Å². The predicted molar refractivity (Wildman–Crippen MR) is 78.5 cm³/mol. The Labute approximate surface area is 135 Å². The molecule has 4 rings (SSSR count). The first kappa shape index (κ1) is 15.2. The van der Waals surface area contributed by atoms with Crippen molar-refractivity contribution < 1.29 is 29.6 Å². The van der Waals surface area contributed by atoms with Crippen molar-refractivity contribution in [2.24, 2.45) is 0 Å². The van der Waals surface area contributed by atoms with E-state index in [1.807, 2.05) is 0 Å². The maximum Gasteiger partial charge on any atom is 0.214 e. The molecular formula is C16H14N2O6. The lowest BCUT2D eigenvalue weighted by molar-refractivity contribution is -0.0534. The van der Waals surface area contributed by atoms with E-state index in [0.717, 1.165) is 0 Å². The minimum Gasteiger partial charge on any atom is -0.394 e. The monoisotopic (exact) mass is 330 g/mol. The number of carbonyl (C=O) groups excluding carboxylic acids is 2. The van der Waals surface area contributed by atoms with Crippen molar-refractivity contribution in [2.75, 3.05) is 6.61 Å². The molecule has 2 aromatic rings. The zero-order chi connectivity index (χ0) is 17.0. The second-order valence-electron chi connectivity index (χ2n) is 5.78. The van der Waals surface area contributed by atoms with Gasteiger partial charge in [0.25, 0.3) is 0 Å². The Bertz CT molecular complexity index is 845. The van der Waals surface area contributed by atoms with E-state index in [2.05, 4.69) is 4.98 Å². The van der Waals surface area contributed by atoms with E-state index < -0.39 is 36.9 Å². The van der Waals surface area contributed by atoms with Crippen LogP contribution in [0.4, 0.5) is 0 Å². The molecule has 0 bridgehead atoms. The van der Waals surface area contributed by atoms with Crippen LogP contribution in [0.5, 0.6) is 0 Å². The van der Waals surface area contributed by atoms with Crippen molar-refractivity contribution in [3.63, 3.8) is 0 Å². The number of hydrogen-bond donors (Lipinski definition) is 3. The SMILES string of the molecule is O=C1c2ccccc2C(=O)c2c1ncn2[C@@H]1O[C@H](CO)[C@@H](O)[C@H]1O. The molecule has 3 N–H and O–H groups in total. The highest BCUT2D eigenvalue weighted by molar-refractivity contribution is 6.27. The van der Waals surface area contributed by atoms with Gasteiger partial charge in [0.2, 0.25) is 11.6 Å². The molecule has 8 nitrogen and oxygen atoms in total. The molecule has 1 aromatic carbocycles. The number of benzene rings is 1. The minimum absolute atomic E-state index is 0.00791. The minimum atomic E-state index is -1.36. The lowest BCUT2D eigenvalue weighted by atomic mass is 9.90. The quantitative estimate of drug-likeness (QED) is 0.566. The number of fused-ring (bicyclic) bond motifs is 2. The van der Waals surface area contributed by atoms with Crippen LogP contribution in [0.25, 0.3) is 0 Å². The van der Waals surface area contributed by atoms with Crippen molar-refractivity contribution in [1.82, 2.24) is 9.55 Å². The Balaban J connectivity index is 1.81. The zero-order valence-electron chi connectivity index (χ0n) is 12.4. The maximum atomic E-state index is 12.8. The standard InChI is InChI=1S/C16H14N2O6/c19-5-9-14(22)15(23)16(24-9)18-6-17-10-11(18)13(21)8-4-2-1-3-7(8)12(10)20/h1-4,6,9,14-16,19,22-23H,5H2/t9-,14-,15-,16-/m1/s1. The third-order valence-electron chi connectivity index (χ3n) is 4.43. The van der Waals surface area contributed by atoms with Crippen LogP contribution >= 0.6 is 0 Å². The largest absolute Gasteiger partial charge is 0.394 e. The Kier molecular flexibility index (Phi) is 3.36. The number of rotatable bonds is 2. The van der Waals surface area contributed by atoms with Gasteiger partial charge in [0.15, 0.2) is 6.23 Å². The predicted octanol–water partition coefficient (Wildman–Crippen LogP) is -0.730. The summed E-state index contributed by atoms with van der Waals surface area (Å²) in [5, 5.41) is 29.2. The summed E-state index contributed by atoms with van der Waals surface area (Å²) in [5.41, 5.74) is 0.523. The maximum absolute atomic E-state index is 12.8. The van der Waals surface area contributed by atoms with E-state index in [0.29, 0.717) is 0 Å². The smallest absolute Gasteiger partial charge is 0.214 e. The number of imidazole rings is 1. The summed E-state index contributed by atoms with van der Waals surface area (Å²) in [6.45, 7) is -0.485. The Morgan fingerprint density at radius 1 is 1.08 bits per heavy atom. The van der Waals surface area contributed by atoms with Gasteiger partial charge in [-0.15, -0.1) is 0 Å². The zero-order valence-corrected chi connectivity index (χ0v) is 12.4. The summed E-state index contributed by atoms with van der Waals surface area (Å²) in [5.74, 6) is -0.791. The molecule has 0 spiro atoms. The normalized spacial score (nSPS) is 28.8. The molecule has 24 heavy (non-hydrogen) atoms. The highest BCUT2D eigenvalue weighted by atomic mass is 16.6. The second kappa shape index (κ2) is 5.32. The summed E-state index contributed by atoms with van der Waals surface area (Å²) < 4.78 is 6.67. The summed E-state index contributed by atoms with van der Waals surface area (Å²) in [4.78, 5) is 29.3. The van der Waals surface area contributed by atoms with E-state index in [4.69, 9.17) is 4.74 Å². The molecule has 0 unspecified atom stereocenters. The Hall–Kier alpha value is -2.39. The molecule has 1 aliphatic carbocycles. The van der Waals surface area contributed by atoms with Gasteiger partial charge in [-0.2, -0.15) is 0 Å². The molecule has 0 saturated carbocycles. The molecule has 2 aliphatic rings. The van der Waals surface area contributed by atoms with Gasteiger partial charge in [-0.05, 0) is 0 Å². The fourth-order valence-electron chi connectivity index (χ4n) is 3.19. The number of aromatic nitrogens is 2. The first-order valence-corrected chi connectivity index (χ1v) is 7.42. The molecule has 0 radical (unpaired) electrons. The van der Waals surface area contributed by atoms with Gasteiger partial charge >= 0.3 is 0 Å². The van der Waals surface area contributed by atoms with Crippen LogP contribution in [0.1, 0.15) is 38.3 Å². The van der Waals surface area contributed by atoms with Crippen LogP contribution in [-0.4, -0.2) is 61.4 Å². The van der Waals surface area contributed by atoms with Crippen molar-refractivity contribution in [3.05, 3.63) is 53.1 Å². The Morgan fingerprint density at radius 2 is 1.75 bits per heavy atom. The first-order chi connectivity index (χ1) is 11.5. The summed E-state index contributed by atoms with van der Waals surface area (Å²) in [6, 6.07) is 6.43. The summed E-state index contributed by atoms with van der Waals surface area (Å²) in [7, 11) is 0. The van der Waals surface area contributed by atoms with Crippen molar-refractivity contribution >= 4 is 11.6 Å². The van der Waals surface area contributed by atoms with Crippen LogP contribution in [0, 0.1) is 0 Å². The first-order valence-electron chi connectivity index (χ1n) is 7.42. The number of aliphatic hydroxyl groups excluding tert-OH is 3. The average molecular weight is 330 g/mol. The molecule has 1 aromatic heterocycles. The second-order valence-corrected chi connectivity index (χ2v) is 5.78. The van der Waals surface area contributed by atoms with Gasteiger partial charge in [0.1, 0.15) is 29.7 Å². The Morgan fingerprint density at radius 3 is 2.38 bits per heavy atom. The molecule has 124 valence electrons. The number of aliphatic hydroxyl groups is 3. The fourth-order valence-corrected chi connectivity index (χ4v) is 3.19. The van der Waals surface area contributed by atoms with E-state index in [1.54, 1.807) is 24.3 Å². The van der Waals surface area contributed by atoms with Crippen LogP contribution < -0.4 is 0 Å². The van der Waals surface area contributed by atoms with Gasteiger partial charge in [-0.25, -0.2) is 4.98 Å². The van der Waals surface area contributed by atoms with Gasteiger partial charge in [-0.3, -0.25) is 14.2 Å². The highest BCUT2D eigenvalue weighted by Gasteiger charge is 2.46. The summed E-state index contributed by atoms with van der Waals surface area (Å²) in [6.07, 6.45) is -3.53. The van der Waals surface area contributed by atoms with Crippen LogP contribution in [-0.2, 0) is 4.74 Å². The third-order valence-corrected chi connectivity index (χ3v) is 4.43. The molecule has 8 heteroatoms. The van der Waals surface area contributed by atoms with E-state index in [1.165, 1.54) is 10.9 Å². The molecule has 1 fully saturated rings. The van der Waals surface area contributed by atoms with Gasteiger partial charge in [-0.1, -0.05) is 24.3 Å². The molecule has 1 saturated heterocycles. The topological polar surface area (TPSA) is 122 Å². The van der Waals surface area contributed by atoms with Gasteiger partial charge < -0.3 is 20.1 Å². The molecular weight excluding hydrogens is 316 g/mol. The molecule has 1 aliphatic heterocycles. The highest BCUT2D eigenvalue weighted by Crippen LogP contribution is 2.34. The van der Waals surface area contributed by atoms with Gasteiger partial charge in [0, 0.05) is 11.1 Å².